The van der Waals surface area contributed by atoms with Gasteiger partial charge < -0.3 is 0 Å². The van der Waals surface area contributed by atoms with Crippen LogP contribution in [0.2, 0.25) is 0 Å². The maximum Gasteiger partial charge on any atom is 0.433 e. The zero-order valence-electron chi connectivity index (χ0n) is 9.57. The molecule has 1 aromatic carbocycles. The molecule has 0 N–H and O–H groups in total. The van der Waals surface area contributed by atoms with Crippen LogP contribution in [0, 0.1) is 6.92 Å². The molecule has 1 heterocycles. The quantitative estimate of drug-likeness (QED) is 0.826. The van der Waals surface area contributed by atoms with Gasteiger partial charge in [0.25, 0.3) is 0 Å². The number of aryl methyl sites for hydroxylation is 1. The molecule has 1 aromatic heterocycles. The molecule has 0 saturated heterocycles. The van der Waals surface area contributed by atoms with E-state index < -0.39 is 11.9 Å². The molecule has 0 radical (unpaired) electrons. The second kappa shape index (κ2) is 4.68. The minimum atomic E-state index is -4.45. The number of rotatable bonds is 2. The highest BCUT2D eigenvalue weighted by molar-refractivity contribution is 7.79. The van der Waals surface area contributed by atoms with Crippen molar-refractivity contribution >= 4 is 12.6 Å². The van der Waals surface area contributed by atoms with Crippen LogP contribution in [0.1, 0.15) is 16.8 Å². The minimum absolute atomic E-state index is 0.000719. The first kappa shape index (κ1) is 13.0. The van der Waals surface area contributed by atoms with Crippen LogP contribution < -0.4 is 0 Å². The molecule has 0 unspecified atom stereocenters. The lowest BCUT2D eigenvalue weighted by atomic mass is 10.2. The maximum absolute atomic E-state index is 13.1. The number of para-hydroxylation sites is 1. The Morgan fingerprint density at radius 3 is 2.50 bits per heavy atom. The van der Waals surface area contributed by atoms with Crippen molar-refractivity contribution in [1.29, 1.82) is 0 Å². The fraction of sp³-hybridized carbons (Fsp3) is 0.250. The summed E-state index contributed by atoms with van der Waals surface area (Å²) in [4.78, 5) is 0. The standard InChI is InChI=1S/C12H11F3N2S/c1-8-4-2-3-5-10(8)17-11(12(13,14)15)9(7-18)6-16-17/h2-6,18H,7H2,1H3. The van der Waals surface area contributed by atoms with E-state index in [2.05, 4.69) is 17.7 Å². The lowest BCUT2D eigenvalue weighted by molar-refractivity contribution is -0.143. The molecule has 0 fully saturated rings. The van der Waals surface area contributed by atoms with E-state index in [1.165, 1.54) is 6.20 Å². The molecule has 2 rings (SSSR count). The summed E-state index contributed by atoms with van der Waals surface area (Å²) in [5.74, 6) is 0.000719. The van der Waals surface area contributed by atoms with E-state index in [9.17, 15) is 13.2 Å². The average molecular weight is 272 g/mol. The van der Waals surface area contributed by atoms with E-state index in [0.717, 1.165) is 10.2 Å². The fourth-order valence-electron chi connectivity index (χ4n) is 1.78. The van der Waals surface area contributed by atoms with Gasteiger partial charge in [0.05, 0.1) is 11.9 Å². The van der Waals surface area contributed by atoms with Gasteiger partial charge in [-0.3, -0.25) is 0 Å². The van der Waals surface area contributed by atoms with E-state index in [1.807, 2.05) is 0 Å². The molecular weight excluding hydrogens is 261 g/mol. The first-order chi connectivity index (χ1) is 8.45. The highest BCUT2D eigenvalue weighted by Gasteiger charge is 2.38. The third kappa shape index (κ3) is 2.25. The van der Waals surface area contributed by atoms with Crippen LogP contribution in [0.25, 0.3) is 5.69 Å². The van der Waals surface area contributed by atoms with Crippen LogP contribution >= 0.6 is 12.6 Å². The van der Waals surface area contributed by atoms with E-state index in [0.29, 0.717) is 5.69 Å². The van der Waals surface area contributed by atoms with Crippen LogP contribution in [-0.2, 0) is 11.9 Å². The molecule has 96 valence electrons. The number of alkyl halides is 3. The van der Waals surface area contributed by atoms with Crippen molar-refractivity contribution in [1.82, 2.24) is 9.78 Å². The first-order valence-corrected chi connectivity index (χ1v) is 5.89. The van der Waals surface area contributed by atoms with Gasteiger partial charge in [-0.2, -0.15) is 30.9 Å². The SMILES string of the molecule is Cc1ccccc1-n1ncc(CS)c1C(F)(F)F. The summed E-state index contributed by atoms with van der Waals surface area (Å²) in [6.07, 6.45) is -3.24. The molecule has 0 spiro atoms. The number of hydrogen-bond donors (Lipinski definition) is 1. The molecule has 0 bridgehead atoms. The van der Waals surface area contributed by atoms with Crippen LogP contribution in [0.15, 0.2) is 30.5 Å². The van der Waals surface area contributed by atoms with Crippen LogP contribution in [0.5, 0.6) is 0 Å². The summed E-state index contributed by atoms with van der Waals surface area (Å²) in [6.45, 7) is 1.75. The molecule has 0 amide bonds. The van der Waals surface area contributed by atoms with Gasteiger partial charge >= 0.3 is 6.18 Å². The van der Waals surface area contributed by atoms with Gasteiger partial charge in [0, 0.05) is 11.3 Å². The maximum atomic E-state index is 13.1. The van der Waals surface area contributed by atoms with Gasteiger partial charge in [-0.1, -0.05) is 18.2 Å². The molecule has 0 aliphatic heterocycles. The summed E-state index contributed by atoms with van der Waals surface area (Å²) in [6, 6.07) is 6.82. The number of nitrogens with zero attached hydrogens (tertiary/aromatic N) is 2. The Morgan fingerprint density at radius 1 is 1.28 bits per heavy atom. The minimum Gasteiger partial charge on any atom is -0.228 e. The Hall–Kier alpha value is -1.43. The highest BCUT2D eigenvalue weighted by atomic mass is 32.1. The van der Waals surface area contributed by atoms with Crippen molar-refractivity contribution in [3.8, 4) is 5.69 Å². The topological polar surface area (TPSA) is 17.8 Å². The van der Waals surface area contributed by atoms with Gasteiger partial charge in [0.2, 0.25) is 0 Å². The lowest BCUT2D eigenvalue weighted by Gasteiger charge is -2.13. The van der Waals surface area contributed by atoms with Crippen molar-refractivity contribution in [2.45, 2.75) is 18.9 Å². The van der Waals surface area contributed by atoms with E-state index in [4.69, 9.17) is 0 Å². The molecule has 18 heavy (non-hydrogen) atoms. The van der Waals surface area contributed by atoms with Gasteiger partial charge in [-0.25, -0.2) is 4.68 Å². The molecule has 0 aliphatic rings. The Balaban J connectivity index is 2.66. The smallest absolute Gasteiger partial charge is 0.228 e. The van der Waals surface area contributed by atoms with Crippen molar-refractivity contribution < 1.29 is 13.2 Å². The second-order valence-electron chi connectivity index (χ2n) is 3.87. The summed E-state index contributed by atoms with van der Waals surface area (Å²) >= 11 is 3.91. The lowest BCUT2D eigenvalue weighted by Crippen LogP contribution is -2.15. The highest BCUT2D eigenvalue weighted by Crippen LogP contribution is 2.34. The molecule has 2 aromatic rings. The Kier molecular flexibility index (Phi) is 3.38. The van der Waals surface area contributed by atoms with Gasteiger partial charge in [0.15, 0.2) is 5.69 Å². The molecule has 0 aliphatic carbocycles. The Labute approximate surface area is 108 Å². The van der Waals surface area contributed by atoms with Crippen molar-refractivity contribution in [2.75, 3.05) is 0 Å². The molecule has 6 heteroatoms. The fourth-order valence-corrected chi connectivity index (χ4v) is 2.02. The molecule has 2 nitrogen and oxygen atoms in total. The third-order valence-corrected chi connectivity index (χ3v) is 2.97. The monoisotopic (exact) mass is 272 g/mol. The number of halogens is 3. The van der Waals surface area contributed by atoms with Crippen LogP contribution in [0.3, 0.4) is 0 Å². The zero-order valence-corrected chi connectivity index (χ0v) is 10.5. The average Bonchev–Trinajstić information content (AvgIpc) is 2.73. The van der Waals surface area contributed by atoms with Crippen molar-refractivity contribution in [3.05, 3.63) is 47.3 Å². The predicted octanol–water partition coefficient (Wildman–Crippen LogP) is 3.63. The predicted molar refractivity (Wildman–Crippen MR) is 66.0 cm³/mol. The van der Waals surface area contributed by atoms with Gasteiger partial charge in [-0.05, 0) is 18.6 Å². The summed E-state index contributed by atoms with van der Waals surface area (Å²) in [5.41, 5.74) is 0.482. The molecule has 0 saturated carbocycles. The van der Waals surface area contributed by atoms with E-state index in [-0.39, 0.29) is 11.3 Å². The second-order valence-corrected chi connectivity index (χ2v) is 4.19. The molecule has 0 atom stereocenters. The van der Waals surface area contributed by atoms with Crippen LogP contribution in [-0.4, -0.2) is 9.78 Å². The van der Waals surface area contributed by atoms with E-state index in [1.54, 1.807) is 31.2 Å². The van der Waals surface area contributed by atoms with Gasteiger partial charge in [0.1, 0.15) is 0 Å². The van der Waals surface area contributed by atoms with Crippen LogP contribution in [0.4, 0.5) is 13.2 Å². The van der Waals surface area contributed by atoms with Crippen molar-refractivity contribution in [3.63, 3.8) is 0 Å². The van der Waals surface area contributed by atoms with E-state index >= 15 is 0 Å². The summed E-state index contributed by atoms with van der Waals surface area (Å²) in [7, 11) is 0. The molecular formula is C12H11F3N2S. The zero-order chi connectivity index (χ0) is 13.3. The third-order valence-electron chi connectivity index (χ3n) is 2.63. The summed E-state index contributed by atoms with van der Waals surface area (Å²) in [5, 5.41) is 3.83. The normalized spacial score (nSPS) is 11.8. The van der Waals surface area contributed by atoms with Gasteiger partial charge in [-0.15, -0.1) is 0 Å². The first-order valence-electron chi connectivity index (χ1n) is 5.26. The number of benzene rings is 1. The Morgan fingerprint density at radius 2 is 1.94 bits per heavy atom. The number of aromatic nitrogens is 2. The number of hydrogen-bond acceptors (Lipinski definition) is 2. The van der Waals surface area contributed by atoms with Crippen molar-refractivity contribution in [2.24, 2.45) is 0 Å². The largest absolute Gasteiger partial charge is 0.433 e. The number of thiol groups is 1. The summed E-state index contributed by atoms with van der Waals surface area (Å²) < 4.78 is 40.1. The Bertz CT molecular complexity index is 561.